The smallest absolute Gasteiger partial charge is 0.149 e. The summed E-state index contributed by atoms with van der Waals surface area (Å²) in [6.07, 6.45) is 4.14. The van der Waals surface area contributed by atoms with Crippen LogP contribution in [0.25, 0.3) is 0 Å². The molecular formula is C14H24BrN5. The zero-order valence-corrected chi connectivity index (χ0v) is 14.2. The Morgan fingerprint density at radius 2 is 2.20 bits per heavy atom. The third kappa shape index (κ3) is 3.90. The third-order valence-electron chi connectivity index (χ3n) is 3.67. The molecule has 1 atom stereocenters. The number of halogens is 1. The van der Waals surface area contributed by atoms with E-state index in [9.17, 15) is 0 Å². The van der Waals surface area contributed by atoms with Gasteiger partial charge in [-0.15, -0.1) is 0 Å². The predicted molar refractivity (Wildman–Crippen MR) is 86.0 cm³/mol. The van der Waals surface area contributed by atoms with E-state index in [1.165, 1.54) is 6.42 Å². The second kappa shape index (κ2) is 7.33. The van der Waals surface area contributed by atoms with Crippen LogP contribution in [-0.4, -0.2) is 60.0 Å². The standard InChI is InChI=1S/C14H24BrN5/c1-4-6-16-13-11(15)9-17-14(18-13)12-10-19(2)7-5-8-20(12)3/h9,12H,4-8,10H2,1-3H3,(H,16,17,18). The van der Waals surface area contributed by atoms with Gasteiger partial charge in [-0.1, -0.05) is 6.92 Å². The molecule has 1 aliphatic heterocycles. The first-order chi connectivity index (χ1) is 9.61. The van der Waals surface area contributed by atoms with E-state index in [1.54, 1.807) is 0 Å². The summed E-state index contributed by atoms with van der Waals surface area (Å²) in [7, 11) is 4.33. The highest BCUT2D eigenvalue weighted by molar-refractivity contribution is 9.10. The molecule has 0 radical (unpaired) electrons. The van der Waals surface area contributed by atoms with Crippen LogP contribution in [0.1, 0.15) is 31.6 Å². The van der Waals surface area contributed by atoms with Crippen LogP contribution >= 0.6 is 15.9 Å². The van der Waals surface area contributed by atoms with Gasteiger partial charge in [0.15, 0.2) is 0 Å². The van der Waals surface area contributed by atoms with Crippen molar-refractivity contribution in [2.45, 2.75) is 25.8 Å². The van der Waals surface area contributed by atoms with Gasteiger partial charge < -0.3 is 10.2 Å². The van der Waals surface area contributed by atoms with Crippen LogP contribution in [0.2, 0.25) is 0 Å². The Bertz CT molecular complexity index is 440. The van der Waals surface area contributed by atoms with Crippen molar-refractivity contribution in [2.75, 3.05) is 45.6 Å². The predicted octanol–water partition coefficient (Wildman–Crippen LogP) is 2.37. The van der Waals surface area contributed by atoms with Crippen molar-refractivity contribution in [3.8, 4) is 0 Å². The molecule has 1 N–H and O–H groups in total. The number of likely N-dealkylation sites (N-methyl/N-ethyl adjacent to an activating group) is 2. The second-order valence-corrected chi connectivity index (χ2v) is 6.32. The summed E-state index contributed by atoms with van der Waals surface area (Å²) in [6.45, 7) is 6.28. The minimum Gasteiger partial charge on any atom is -0.369 e. The number of rotatable bonds is 4. The summed E-state index contributed by atoms with van der Waals surface area (Å²) in [5.41, 5.74) is 0. The summed E-state index contributed by atoms with van der Waals surface area (Å²) >= 11 is 3.52. The average molecular weight is 342 g/mol. The van der Waals surface area contributed by atoms with Gasteiger partial charge in [0.25, 0.3) is 0 Å². The van der Waals surface area contributed by atoms with E-state index in [-0.39, 0.29) is 6.04 Å². The Morgan fingerprint density at radius 1 is 1.40 bits per heavy atom. The fraction of sp³-hybridized carbons (Fsp3) is 0.714. The van der Waals surface area contributed by atoms with Gasteiger partial charge >= 0.3 is 0 Å². The lowest BCUT2D eigenvalue weighted by molar-refractivity contribution is 0.219. The second-order valence-electron chi connectivity index (χ2n) is 5.46. The Kier molecular flexibility index (Phi) is 5.74. The Morgan fingerprint density at radius 3 is 2.95 bits per heavy atom. The van der Waals surface area contributed by atoms with Crippen molar-refractivity contribution >= 4 is 21.7 Å². The first kappa shape index (κ1) is 15.7. The maximum Gasteiger partial charge on any atom is 0.149 e. The first-order valence-corrected chi connectivity index (χ1v) is 8.06. The largest absolute Gasteiger partial charge is 0.369 e. The van der Waals surface area contributed by atoms with Gasteiger partial charge in [-0.25, -0.2) is 9.97 Å². The monoisotopic (exact) mass is 341 g/mol. The summed E-state index contributed by atoms with van der Waals surface area (Å²) in [5.74, 6) is 1.81. The fourth-order valence-electron chi connectivity index (χ4n) is 2.46. The number of hydrogen-bond donors (Lipinski definition) is 1. The molecule has 2 heterocycles. The third-order valence-corrected chi connectivity index (χ3v) is 4.25. The van der Waals surface area contributed by atoms with Crippen LogP contribution in [0.4, 0.5) is 5.82 Å². The van der Waals surface area contributed by atoms with Crippen LogP contribution in [0, 0.1) is 0 Å². The molecule has 5 nitrogen and oxygen atoms in total. The van der Waals surface area contributed by atoms with Gasteiger partial charge in [0, 0.05) is 19.3 Å². The molecule has 2 rings (SSSR count). The number of aromatic nitrogens is 2. The van der Waals surface area contributed by atoms with Crippen molar-refractivity contribution in [3.05, 3.63) is 16.5 Å². The summed E-state index contributed by atoms with van der Waals surface area (Å²) < 4.78 is 0.930. The molecule has 1 saturated heterocycles. The van der Waals surface area contributed by atoms with E-state index in [4.69, 9.17) is 4.98 Å². The highest BCUT2D eigenvalue weighted by Gasteiger charge is 2.24. The molecule has 1 aromatic heterocycles. The molecule has 0 aromatic carbocycles. The normalized spacial score (nSPS) is 21.7. The molecule has 1 fully saturated rings. The number of hydrogen-bond acceptors (Lipinski definition) is 5. The molecule has 1 unspecified atom stereocenters. The highest BCUT2D eigenvalue weighted by atomic mass is 79.9. The van der Waals surface area contributed by atoms with Gasteiger partial charge in [-0.3, -0.25) is 4.90 Å². The van der Waals surface area contributed by atoms with E-state index in [0.29, 0.717) is 0 Å². The average Bonchev–Trinajstić information content (AvgIpc) is 2.59. The lowest BCUT2D eigenvalue weighted by atomic mass is 10.2. The molecule has 1 aliphatic rings. The van der Waals surface area contributed by atoms with Gasteiger partial charge in [0.1, 0.15) is 11.6 Å². The summed E-state index contributed by atoms with van der Waals surface area (Å²) in [4.78, 5) is 14.0. The molecule has 0 spiro atoms. The van der Waals surface area contributed by atoms with E-state index < -0.39 is 0 Å². The zero-order valence-electron chi connectivity index (χ0n) is 12.6. The number of nitrogens with zero attached hydrogens (tertiary/aromatic N) is 4. The van der Waals surface area contributed by atoms with Crippen molar-refractivity contribution in [2.24, 2.45) is 0 Å². The maximum absolute atomic E-state index is 4.72. The topological polar surface area (TPSA) is 44.3 Å². The zero-order chi connectivity index (χ0) is 14.5. The van der Waals surface area contributed by atoms with Crippen LogP contribution < -0.4 is 5.32 Å². The van der Waals surface area contributed by atoms with Gasteiger partial charge in [0.2, 0.25) is 0 Å². The van der Waals surface area contributed by atoms with E-state index in [2.05, 4.69) is 57.0 Å². The molecule has 0 amide bonds. The molecule has 0 bridgehead atoms. The summed E-state index contributed by atoms with van der Waals surface area (Å²) in [5, 5.41) is 3.35. The van der Waals surface area contributed by atoms with E-state index in [1.807, 2.05) is 6.20 Å². The quantitative estimate of drug-likeness (QED) is 0.910. The minimum atomic E-state index is 0.262. The molecule has 0 aliphatic carbocycles. The highest BCUT2D eigenvalue weighted by Crippen LogP contribution is 2.25. The molecular weight excluding hydrogens is 318 g/mol. The number of anilines is 1. The van der Waals surface area contributed by atoms with Gasteiger partial charge in [-0.05, 0) is 56.0 Å². The van der Waals surface area contributed by atoms with E-state index in [0.717, 1.165) is 48.7 Å². The van der Waals surface area contributed by atoms with E-state index >= 15 is 0 Å². The maximum atomic E-state index is 4.72. The fourth-order valence-corrected chi connectivity index (χ4v) is 2.79. The lowest BCUT2D eigenvalue weighted by Crippen LogP contribution is -2.32. The Labute approximate surface area is 129 Å². The Hall–Kier alpha value is -0.720. The minimum absolute atomic E-state index is 0.262. The number of nitrogens with one attached hydrogen (secondary N) is 1. The molecule has 1 aromatic rings. The SMILES string of the molecule is CCCNc1nc(C2CN(C)CCCN2C)ncc1Br. The Balaban J connectivity index is 2.21. The van der Waals surface area contributed by atoms with Gasteiger partial charge in [0.05, 0.1) is 10.5 Å². The van der Waals surface area contributed by atoms with Crippen molar-refractivity contribution in [1.82, 2.24) is 19.8 Å². The molecule has 0 saturated carbocycles. The van der Waals surface area contributed by atoms with Crippen LogP contribution in [0.3, 0.4) is 0 Å². The molecule has 6 heteroatoms. The van der Waals surface area contributed by atoms with Crippen molar-refractivity contribution in [1.29, 1.82) is 0 Å². The van der Waals surface area contributed by atoms with Crippen LogP contribution in [0.5, 0.6) is 0 Å². The van der Waals surface area contributed by atoms with Crippen molar-refractivity contribution < 1.29 is 0 Å². The molecule has 20 heavy (non-hydrogen) atoms. The van der Waals surface area contributed by atoms with Gasteiger partial charge in [-0.2, -0.15) is 0 Å². The molecule has 112 valence electrons. The van der Waals surface area contributed by atoms with Crippen molar-refractivity contribution in [3.63, 3.8) is 0 Å². The summed E-state index contributed by atoms with van der Waals surface area (Å²) in [6, 6.07) is 0.262. The van der Waals surface area contributed by atoms with Crippen LogP contribution in [0.15, 0.2) is 10.7 Å². The first-order valence-electron chi connectivity index (χ1n) is 7.27. The van der Waals surface area contributed by atoms with Crippen LogP contribution in [-0.2, 0) is 0 Å². The lowest BCUT2D eigenvalue weighted by Gasteiger charge is -2.26.